The molecule has 1 atom stereocenters. The molecule has 0 aliphatic heterocycles. The predicted molar refractivity (Wildman–Crippen MR) is 63.9 cm³/mol. The standard InChI is InChI=1S/C10H17NO5S/c1-10(2,3)16-9(15)11-6(8(13)14)5-7(12)17-4/h6H,5H2,1-4H3,(H,11,15)(H,13,14)/t6-/m0/s1. The van der Waals surface area contributed by atoms with E-state index in [4.69, 9.17) is 9.84 Å². The van der Waals surface area contributed by atoms with Gasteiger partial charge in [-0.3, -0.25) is 4.79 Å². The van der Waals surface area contributed by atoms with Crippen LogP contribution in [-0.4, -0.2) is 40.2 Å². The fourth-order valence-electron chi connectivity index (χ4n) is 0.900. The van der Waals surface area contributed by atoms with E-state index in [1.54, 1.807) is 27.0 Å². The van der Waals surface area contributed by atoms with Gasteiger partial charge >= 0.3 is 12.1 Å². The van der Waals surface area contributed by atoms with Crippen LogP contribution < -0.4 is 5.32 Å². The van der Waals surface area contributed by atoms with E-state index < -0.39 is 23.7 Å². The number of carboxylic acid groups (broad SMARTS) is 1. The smallest absolute Gasteiger partial charge is 0.408 e. The highest BCUT2D eigenvalue weighted by atomic mass is 32.2. The van der Waals surface area contributed by atoms with E-state index in [1.807, 2.05) is 0 Å². The first kappa shape index (κ1) is 15.8. The number of carbonyl (C=O) groups excluding carboxylic acids is 2. The molecule has 0 fully saturated rings. The maximum absolute atomic E-state index is 11.3. The molecule has 0 aromatic carbocycles. The lowest BCUT2D eigenvalue weighted by Gasteiger charge is -2.21. The number of hydrogen-bond acceptors (Lipinski definition) is 5. The zero-order chi connectivity index (χ0) is 13.6. The third-order valence-corrected chi connectivity index (χ3v) is 2.21. The molecule has 0 aromatic heterocycles. The summed E-state index contributed by atoms with van der Waals surface area (Å²) in [6.45, 7) is 4.99. The van der Waals surface area contributed by atoms with Crippen molar-refractivity contribution in [3.63, 3.8) is 0 Å². The summed E-state index contributed by atoms with van der Waals surface area (Å²) in [7, 11) is 0. The van der Waals surface area contributed by atoms with E-state index in [2.05, 4.69) is 5.32 Å². The highest BCUT2D eigenvalue weighted by Gasteiger charge is 2.25. The summed E-state index contributed by atoms with van der Waals surface area (Å²) < 4.78 is 4.90. The van der Waals surface area contributed by atoms with Crippen LogP contribution in [0.3, 0.4) is 0 Å². The zero-order valence-corrected chi connectivity index (χ0v) is 11.1. The molecule has 7 heteroatoms. The van der Waals surface area contributed by atoms with Crippen molar-refractivity contribution >= 4 is 28.9 Å². The van der Waals surface area contributed by atoms with Gasteiger partial charge in [-0.1, -0.05) is 11.8 Å². The van der Waals surface area contributed by atoms with Crippen molar-refractivity contribution < 1.29 is 24.2 Å². The molecule has 0 aliphatic rings. The van der Waals surface area contributed by atoms with Crippen molar-refractivity contribution in [2.45, 2.75) is 38.8 Å². The minimum atomic E-state index is -1.27. The molecular weight excluding hydrogens is 246 g/mol. The second-order valence-electron chi connectivity index (χ2n) is 4.32. The van der Waals surface area contributed by atoms with Gasteiger partial charge in [0.2, 0.25) is 0 Å². The normalized spacial score (nSPS) is 12.7. The van der Waals surface area contributed by atoms with Crippen LogP contribution in [0.5, 0.6) is 0 Å². The summed E-state index contributed by atoms with van der Waals surface area (Å²) >= 11 is 0.916. The quantitative estimate of drug-likeness (QED) is 0.792. The van der Waals surface area contributed by atoms with Gasteiger partial charge in [-0.05, 0) is 27.0 Å². The van der Waals surface area contributed by atoms with Gasteiger partial charge in [0.25, 0.3) is 0 Å². The molecule has 17 heavy (non-hydrogen) atoms. The molecule has 0 bridgehead atoms. The largest absolute Gasteiger partial charge is 0.480 e. The molecule has 1 amide bonds. The van der Waals surface area contributed by atoms with Crippen molar-refractivity contribution in [1.82, 2.24) is 5.32 Å². The van der Waals surface area contributed by atoms with Crippen LogP contribution in [0.1, 0.15) is 27.2 Å². The van der Waals surface area contributed by atoms with Crippen molar-refractivity contribution in [2.75, 3.05) is 6.26 Å². The minimum absolute atomic E-state index is 0.268. The Morgan fingerprint density at radius 1 is 1.35 bits per heavy atom. The first-order chi connectivity index (χ1) is 7.65. The number of carboxylic acids is 1. The highest BCUT2D eigenvalue weighted by Crippen LogP contribution is 2.08. The number of aliphatic carboxylic acids is 1. The minimum Gasteiger partial charge on any atom is -0.480 e. The van der Waals surface area contributed by atoms with Crippen molar-refractivity contribution in [2.24, 2.45) is 0 Å². The molecule has 0 saturated heterocycles. The fraction of sp³-hybridized carbons (Fsp3) is 0.700. The number of ether oxygens (including phenoxy) is 1. The fourth-order valence-corrected chi connectivity index (χ4v) is 1.23. The van der Waals surface area contributed by atoms with E-state index in [-0.39, 0.29) is 11.5 Å². The SMILES string of the molecule is CSC(=O)C[C@H](NC(=O)OC(C)(C)C)C(=O)O. The van der Waals surface area contributed by atoms with Crippen molar-refractivity contribution in [3.8, 4) is 0 Å². The second-order valence-corrected chi connectivity index (χ2v) is 5.18. The number of carbonyl (C=O) groups is 3. The van der Waals surface area contributed by atoms with Crippen LogP contribution in [-0.2, 0) is 14.3 Å². The summed E-state index contributed by atoms with van der Waals surface area (Å²) in [5.41, 5.74) is -0.712. The maximum Gasteiger partial charge on any atom is 0.408 e. The molecule has 0 spiro atoms. The molecule has 2 N–H and O–H groups in total. The number of hydrogen-bond donors (Lipinski definition) is 2. The van der Waals surface area contributed by atoms with Crippen LogP contribution in [0.15, 0.2) is 0 Å². The summed E-state index contributed by atoms with van der Waals surface area (Å²) in [6, 6.07) is -1.26. The van der Waals surface area contributed by atoms with E-state index in [0.717, 1.165) is 11.8 Å². The number of nitrogens with one attached hydrogen (secondary N) is 1. The number of rotatable bonds is 4. The molecule has 0 unspecified atom stereocenters. The van der Waals surface area contributed by atoms with Crippen LogP contribution >= 0.6 is 11.8 Å². The van der Waals surface area contributed by atoms with Gasteiger partial charge in [-0.15, -0.1) is 0 Å². The molecule has 6 nitrogen and oxygen atoms in total. The Bertz CT molecular complexity index is 310. The van der Waals surface area contributed by atoms with E-state index in [9.17, 15) is 14.4 Å². The zero-order valence-electron chi connectivity index (χ0n) is 10.3. The Morgan fingerprint density at radius 3 is 2.24 bits per heavy atom. The molecule has 0 heterocycles. The average molecular weight is 263 g/mol. The molecule has 0 saturated carbocycles. The molecule has 0 rings (SSSR count). The number of alkyl carbamates (subject to hydrolysis) is 1. The summed E-state index contributed by atoms with van der Waals surface area (Å²) in [6.07, 6.45) is 0.434. The molecule has 0 aliphatic carbocycles. The van der Waals surface area contributed by atoms with Gasteiger partial charge in [-0.25, -0.2) is 9.59 Å². The Balaban J connectivity index is 4.41. The second kappa shape index (κ2) is 6.48. The van der Waals surface area contributed by atoms with Crippen LogP contribution in [0.2, 0.25) is 0 Å². The Hall–Kier alpha value is -1.24. The van der Waals surface area contributed by atoms with Gasteiger partial charge in [0.05, 0.1) is 0 Å². The van der Waals surface area contributed by atoms with E-state index in [0.29, 0.717) is 0 Å². The Kier molecular flexibility index (Phi) is 6.01. The monoisotopic (exact) mass is 263 g/mol. The first-order valence-corrected chi connectivity index (χ1v) is 6.17. The lowest BCUT2D eigenvalue weighted by atomic mass is 10.2. The third kappa shape index (κ3) is 7.62. The number of thioether (sulfide) groups is 1. The highest BCUT2D eigenvalue weighted by molar-refractivity contribution is 8.13. The van der Waals surface area contributed by atoms with Crippen LogP contribution in [0.4, 0.5) is 4.79 Å². The topological polar surface area (TPSA) is 92.7 Å². The van der Waals surface area contributed by atoms with Gasteiger partial charge < -0.3 is 15.2 Å². The summed E-state index contributed by atoms with van der Waals surface area (Å²) in [5.74, 6) is -1.27. The Labute approximate surface area is 104 Å². The van der Waals surface area contributed by atoms with Gasteiger partial charge in [0, 0.05) is 6.42 Å². The number of amides is 1. The summed E-state index contributed by atoms with van der Waals surface area (Å²) in [5, 5.41) is 10.7. The van der Waals surface area contributed by atoms with Gasteiger partial charge in [0.15, 0.2) is 5.12 Å². The van der Waals surface area contributed by atoms with Gasteiger partial charge in [0.1, 0.15) is 11.6 Å². The van der Waals surface area contributed by atoms with E-state index >= 15 is 0 Å². The van der Waals surface area contributed by atoms with Crippen LogP contribution in [0.25, 0.3) is 0 Å². The predicted octanol–water partition coefficient (Wildman–Crippen LogP) is 1.24. The molecule has 0 radical (unpaired) electrons. The van der Waals surface area contributed by atoms with Crippen molar-refractivity contribution in [3.05, 3.63) is 0 Å². The van der Waals surface area contributed by atoms with E-state index in [1.165, 1.54) is 0 Å². The molecule has 0 aromatic rings. The lowest BCUT2D eigenvalue weighted by molar-refractivity contribution is -0.140. The van der Waals surface area contributed by atoms with Crippen LogP contribution in [0, 0.1) is 0 Å². The Morgan fingerprint density at radius 2 is 1.88 bits per heavy atom. The third-order valence-electron chi connectivity index (χ3n) is 1.59. The lowest BCUT2D eigenvalue weighted by Crippen LogP contribution is -2.44. The van der Waals surface area contributed by atoms with Gasteiger partial charge in [-0.2, -0.15) is 0 Å². The molecular formula is C10H17NO5S. The maximum atomic E-state index is 11.3. The van der Waals surface area contributed by atoms with Crippen molar-refractivity contribution in [1.29, 1.82) is 0 Å². The average Bonchev–Trinajstić information content (AvgIpc) is 2.13. The summed E-state index contributed by atoms with van der Waals surface area (Å²) in [4.78, 5) is 33.2. The molecule has 98 valence electrons. The first-order valence-electron chi connectivity index (χ1n) is 4.95.